The van der Waals surface area contributed by atoms with E-state index in [9.17, 15) is 4.79 Å². The second-order valence-electron chi connectivity index (χ2n) is 4.39. The molecule has 0 aliphatic heterocycles. The number of carbonyl (C=O) groups excluding carboxylic acids is 1. The van der Waals surface area contributed by atoms with Crippen molar-refractivity contribution < 1.29 is 13.9 Å². The minimum absolute atomic E-state index is 0.311. The summed E-state index contributed by atoms with van der Waals surface area (Å²) in [6.07, 6.45) is 4.02. The van der Waals surface area contributed by atoms with Crippen LogP contribution in [0.25, 0.3) is 0 Å². The van der Waals surface area contributed by atoms with Gasteiger partial charge in [-0.25, -0.2) is 4.79 Å². The lowest BCUT2D eigenvalue weighted by atomic mass is 10.0. The Labute approximate surface area is 113 Å². The summed E-state index contributed by atoms with van der Waals surface area (Å²) in [6.45, 7) is 1.96. The zero-order valence-corrected chi connectivity index (χ0v) is 11.3. The second-order valence-corrected chi connectivity index (χ2v) is 4.39. The Bertz CT molecular complexity index is 540. The largest absolute Gasteiger partial charge is 0.468 e. The molecule has 1 aromatic carbocycles. The highest BCUT2D eigenvalue weighted by Crippen LogP contribution is 2.21. The molecule has 3 nitrogen and oxygen atoms in total. The van der Waals surface area contributed by atoms with E-state index in [0.29, 0.717) is 17.7 Å². The summed E-state index contributed by atoms with van der Waals surface area (Å²) in [5.74, 6) is 0.392. The first-order valence-corrected chi connectivity index (χ1v) is 6.47. The molecule has 0 aliphatic rings. The Kier molecular flexibility index (Phi) is 4.39. The van der Waals surface area contributed by atoms with Crippen molar-refractivity contribution in [2.45, 2.75) is 26.2 Å². The van der Waals surface area contributed by atoms with Gasteiger partial charge in [0.25, 0.3) is 0 Å². The molecule has 1 heterocycles. The van der Waals surface area contributed by atoms with E-state index in [1.807, 2.05) is 25.1 Å². The first-order valence-electron chi connectivity index (χ1n) is 6.47. The summed E-state index contributed by atoms with van der Waals surface area (Å²) < 4.78 is 10.3. The fourth-order valence-corrected chi connectivity index (χ4v) is 2.15. The average Bonchev–Trinajstić information content (AvgIpc) is 2.88. The Morgan fingerprint density at radius 3 is 2.58 bits per heavy atom. The van der Waals surface area contributed by atoms with Gasteiger partial charge in [-0.3, -0.25) is 0 Å². The number of esters is 1. The first-order chi connectivity index (χ1) is 9.26. The number of hydrogen-bond donors (Lipinski definition) is 0. The van der Waals surface area contributed by atoms with Crippen molar-refractivity contribution in [2.75, 3.05) is 7.11 Å². The number of hydrogen-bond acceptors (Lipinski definition) is 3. The summed E-state index contributed by atoms with van der Waals surface area (Å²) in [6, 6.07) is 10.2. The maximum atomic E-state index is 11.8. The monoisotopic (exact) mass is 258 g/mol. The number of methoxy groups -OCH3 is 1. The van der Waals surface area contributed by atoms with Gasteiger partial charge in [0.15, 0.2) is 0 Å². The smallest absolute Gasteiger partial charge is 0.341 e. The molecule has 0 saturated heterocycles. The third-order valence-electron chi connectivity index (χ3n) is 3.18. The number of furan rings is 1. The third kappa shape index (κ3) is 3.05. The number of carbonyl (C=O) groups is 1. The first kappa shape index (κ1) is 13.4. The fraction of sp³-hybridized carbons (Fsp3) is 0.312. The van der Waals surface area contributed by atoms with Gasteiger partial charge in [0, 0.05) is 12.0 Å². The highest BCUT2D eigenvalue weighted by atomic mass is 16.5. The lowest BCUT2D eigenvalue weighted by Crippen LogP contribution is -2.06. The number of aryl methyl sites for hydroxylation is 3. The Morgan fingerprint density at radius 2 is 1.95 bits per heavy atom. The molecule has 3 heteroatoms. The van der Waals surface area contributed by atoms with Crippen LogP contribution in [-0.4, -0.2) is 13.1 Å². The van der Waals surface area contributed by atoms with Gasteiger partial charge < -0.3 is 9.15 Å². The molecule has 0 N–H and O–H groups in total. The van der Waals surface area contributed by atoms with Crippen LogP contribution in [0.4, 0.5) is 0 Å². The van der Waals surface area contributed by atoms with E-state index in [1.54, 1.807) is 6.26 Å². The molecule has 0 unspecified atom stereocenters. The van der Waals surface area contributed by atoms with Gasteiger partial charge in [0.1, 0.15) is 11.3 Å². The van der Waals surface area contributed by atoms with Crippen LogP contribution in [0.1, 0.15) is 34.2 Å². The molecule has 0 amide bonds. The van der Waals surface area contributed by atoms with Crippen molar-refractivity contribution in [1.82, 2.24) is 0 Å². The van der Waals surface area contributed by atoms with Gasteiger partial charge in [-0.2, -0.15) is 0 Å². The molecule has 0 spiro atoms. The SMILES string of the molecule is CCc1occ(CCc2ccccc2)c1C(=O)OC. The van der Waals surface area contributed by atoms with Crippen molar-refractivity contribution in [3.05, 3.63) is 59.0 Å². The summed E-state index contributed by atoms with van der Waals surface area (Å²) >= 11 is 0. The van der Waals surface area contributed by atoms with Gasteiger partial charge in [-0.05, 0) is 18.4 Å². The molecule has 1 aromatic heterocycles. The van der Waals surface area contributed by atoms with E-state index < -0.39 is 0 Å². The van der Waals surface area contributed by atoms with Crippen LogP contribution in [0.15, 0.2) is 41.0 Å². The molecule has 0 fully saturated rings. The Hall–Kier alpha value is -2.03. The lowest BCUT2D eigenvalue weighted by molar-refractivity contribution is 0.0597. The maximum absolute atomic E-state index is 11.8. The fourth-order valence-electron chi connectivity index (χ4n) is 2.15. The summed E-state index contributed by atoms with van der Waals surface area (Å²) in [5.41, 5.74) is 2.77. The van der Waals surface area contributed by atoms with Crippen LogP contribution in [0.2, 0.25) is 0 Å². The van der Waals surface area contributed by atoms with E-state index in [0.717, 1.165) is 18.4 Å². The van der Waals surface area contributed by atoms with Crippen molar-refractivity contribution in [1.29, 1.82) is 0 Å². The number of benzene rings is 1. The summed E-state index contributed by atoms with van der Waals surface area (Å²) in [4.78, 5) is 11.8. The number of ether oxygens (including phenoxy) is 1. The molecule has 100 valence electrons. The highest BCUT2D eigenvalue weighted by Gasteiger charge is 2.19. The molecule has 0 saturated carbocycles. The van der Waals surface area contributed by atoms with Gasteiger partial charge in [-0.1, -0.05) is 37.3 Å². The van der Waals surface area contributed by atoms with Gasteiger partial charge >= 0.3 is 5.97 Å². The molecule has 19 heavy (non-hydrogen) atoms. The van der Waals surface area contributed by atoms with Gasteiger partial charge in [-0.15, -0.1) is 0 Å². The Morgan fingerprint density at radius 1 is 1.21 bits per heavy atom. The van der Waals surface area contributed by atoms with Crippen LogP contribution in [-0.2, 0) is 24.0 Å². The molecule has 0 bridgehead atoms. The van der Waals surface area contributed by atoms with Crippen molar-refractivity contribution in [3.8, 4) is 0 Å². The predicted molar refractivity (Wildman–Crippen MR) is 73.3 cm³/mol. The molecule has 0 radical (unpaired) electrons. The third-order valence-corrected chi connectivity index (χ3v) is 3.18. The van der Waals surface area contributed by atoms with Crippen LogP contribution in [0, 0.1) is 0 Å². The quantitative estimate of drug-likeness (QED) is 0.771. The highest BCUT2D eigenvalue weighted by molar-refractivity contribution is 5.92. The second kappa shape index (κ2) is 6.23. The van der Waals surface area contributed by atoms with Gasteiger partial charge in [0.05, 0.1) is 13.4 Å². The maximum Gasteiger partial charge on any atom is 0.341 e. The van der Waals surface area contributed by atoms with Crippen LogP contribution in [0.5, 0.6) is 0 Å². The van der Waals surface area contributed by atoms with Crippen LogP contribution in [0.3, 0.4) is 0 Å². The number of rotatable bonds is 5. The summed E-state index contributed by atoms with van der Waals surface area (Å²) in [5, 5.41) is 0. The van der Waals surface area contributed by atoms with Crippen molar-refractivity contribution >= 4 is 5.97 Å². The zero-order valence-electron chi connectivity index (χ0n) is 11.3. The molecule has 2 rings (SSSR count). The van der Waals surface area contributed by atoms with Gasteiger partial charge in [0.2, 0.25) is 0 Å². The minimum Gasteiger partial charge on any atom is -0.468 e. The zero-order chi connectivity index (χ0) is 13.7. The molecular formula is C16H18O3. The van der Waals surface area contributed by atoms with Crippen molar-refractivity contribution in [3.63, 3.8) is 0 Å². The lowest BCUT2D eigenvalue weighted by Gasteiger charge is -2.03. The minimum atomic E-state index is -0.311. The van der Waals surface area contributed by atoms with Crippen LogP contribution < -0.4 is 0 Å². The van der Waals surface area contributed by atoms with E-state index in [1.165, 1.54) is 12.7 Å². The average molecular weight is 258 g/mol. The molecule has 2 aromatic rings. The standard InChI is InChI=1S/C16H18O3/c1-3-14-15(16(17)18-2)13(11-19-14)10-9-12-7-5-4-6-8-12/h4-8,11H,3,9-10H2,1-2H3. The van der Waals surface area contributed by atoms with E-state index in [2.05, 4.69) is 12.1 Å². The molecule has 0 atom stereocenters. The van der Waals surface area contributed by atoms with Crippen LogP contribution >= 0.6 is 0 Å². The van der Waals surface area contributed by atoms with E-state index in [4.69, 9.17) is 9.15 Å². The normalized spacial score (nSPS) is 10.4. The van der Waals surface area contributed by atoms with E-state index in [-0.39, 0.29) is 5.97 Å². The molecular weight excluding hydrogens is 240 g/mol. The predicted octanol–water partition coefficient (Wildman–Crippen LogP) is 3.41. The van der Waals surface area contributed by atoms with E-state index >= 15 is 0 Å². The topological polar surface area (TPSA) is 39.4 Å². The van der Waals surface area contributed by atoms with Crippen molar-refractivity contribution in [2.24, 2.45) is 0 Å². The molecule has 0 aliphatic carbocycles. The Balaban J connectivity index is 2.16. The summed E-state index contributed by atoms with van der Waals surface area (Å²) in [7, 11) is 1.40.